The number of aliphatic hydroxyl groups is 2. The number of rotatable bonds is 5. The molecule has 1 unspecified atom stereocenters. The number of hydrogen-bond donors (Lipinski definition) is 4. The third-order valence-electron chi connectivity index (χ3n) is 23.8. The van der Waals surface area contributed by atoms with Gasteiger partial charge < -0.3 is 34.5 Å². The van der Waals surface area contributed by atoms with Crippen LogP contribution in [0.25, 0.3) is 0 Å². The van der Waals surface area contributed by atoms with Gasteiger partial charge in [0.15, 0.2) is 17.3 Å². The van der Waals surface area contributed by atoms with E-state index in [9.17, 15) is 42.7 Å². The van der Waals surface area contributed by atoms with E-state index >= 15 is 0 Å². The molecule has 9 aliphatic rings. The van der Waals surface area contributed by atoms with E-state index in [4.69, 9.17) is 14.6 Å². The van der Waals surface area contributed by atoms with Gasteiger partial charge >= 0.3 is 41.5 Å². The van der Waals surface area contributed by atoms with Crippen LogP contribution in [0.2, 0.25) is 0 Å². The Balaban J connectivity index is 0.000000214. The number of carbonyl (C=O) groups excluding carboxylic acids is 3. The third kappa shape index (κ3) is 9.04. The second-order valence-corrected chi connectivity index (χ2v) is 29.2. The Morgan fingerprint density at radius 2 is 1.12 bits per heavy atom. The summed E-state index contributed by atoms with van der Waals surface area (Å²) < 4.78 is 49.3. The van der Waals surface area contributed by atoms with Crippen molar-refractivity contribution in [2.75, 3.05) is 19.8 Å². The summed E-state index contributed by atoms with van der Waals surface area (Å²) in [5.41, 5.74) is 4.11. The normalized spacial score (nSPS) is 41.0. The third-order valence-corrected chi connectivity index (χ3v) is 24.8. The average Bonchev–Trinajstić information content (AvgIpc) is 3.56. The quantitative estimate of drug-likeness (QED) is 0.0714. The average molecular weight is 1110 g/mol. The van der Waals surface area contributed by atoms with Crippen molar-refractivity contribution in [3.8, 4) is 11.5 Å². The molecule has 0 heterocycles. The van der Waals surface area contributed by atoms with E-state index in [0.717, 1.165) is 93.8 Å². The summed E-state index contributed by atoms with van der Waals surface area (Å²) in [4.78, 5) is 38.8. The number of esters is 2. The van der Waals surface area contributed by atoms with Crippen LogP contribution in [0.15, 0.2) is 64.0 Å². The zero-order chi connectivity index (χ0) is 57.3. The van der Waals surface area contributed by atoms with Crippen molar-refractivity contribution in [2.24, 2.45) is 60.6 Å². The molecule has 13 atom stereocenters. The molecule has 0 amide bonds. The summed E-state index contributed by atoms with van der Waals surface area (Å²) in [6.07, 6.45) is 20.8. The monoisotopic (exact) mass is 1110 g/mol. The number of ketones is 1. The number of carbonyl (C=O) groups is 3. The standard InChI is InChI=1S/C31H44O7S.C31H42O4.C2H6O.Na/c1-8-38-26(34)28(4)10-9-27(3)11-13-30(6)22-16-21(39(35,36)37)24-18(2)25(33)20(32)15-19(24)29(22,5)12-14-31(30,7)23(27)17-28;1-8-35-26(34)28(4)12-11-27(3)13-15-30(6)23-10-9-20-19(2)25(33)22(32)17-21(20)29(23,5)14-16-31(30,7)24(27)18-28;1-2-3;/h15-16,21,23,32-33H,8-14,17H2,1-7H3,(H,35,36,37);9-10,17,24,33H,8,11-16,18H2,1-7H3;3H,2H2,1H3;/q;;;+1/p-1/t21?,23-,27-,28-,29+,30-,31+;24-,27-,28-,29+,30-,31+;;/m11../s1. The number of fused-ring (bicyclic) bond motifs is 14. The molecule has 9 aliphatic carbocycles. The number of allylic oxidation sites excluding steroid dienone is 8. The summed E-state index contributed by atoms with van der Waals surface area (Å²) >= 11 is 0. The van der Waals surface area contributed by atoms with Crippen LogP contribution in [0.4, 0.5) is 0 Å². The first-order valence-electron chi connectivity index (χ1n) is 28.8. The molecule has 12 nitrogen and oxygen atoms in total. The smallest absolute Gasteiger partial charge is 0.747 e. The second-order valence-electron chi connectivity index (χ2n) is 27.7. The van der Waals surface area contributed by atoms with Crippen molar-refractivity contribution in [3.05, 3.63) is 80.7 Å². The molecule has 426 valence electrons. The number of benzene rings is 1. The first-order valence-corrected chi connectivity index (χ1v) is 30.3. The van der Waals surface area contributed by atoms with Crippen molar-refractivity contribution < 1.29 is 86.8 Å². The molecule has 0 saturated heterocycles. The van der Waals surface area contributed by atoms with Crippen LogP contribution in [-0.2, 0) is 39.4 Å². The van der Waals surface area contributed by atoms with Crippen LogP contribution in [0, 0.1) is 67.5 Å². The number of phenolic OH excluding ortho intramolecular Hbond substituents is 2. The minimum absolute atomic E-state index is 0. The van der Waals surface area contributed by atoms with E-state index in [1.165, 1.54) is 11.6 Å². The summed E-state index contributed by atoms with van der Waals surface area (Å²) in [7, 11) is -4.80. The van der Waals surface area contributed by atoms with Gasteiger partial charge in [0, 0.05) is 23.0 Å². The first kappa shape index (κ1) is 62.4. The van der Waals surface area contributed by atoms with Gasteiger partial charge in [-0.1, -0.05) is 84.8 Å². The summed E-state index contributed by atoms with van der Waals surface area (Å²) in [6, 6.07) is 1.47. The van der Waals surface area contributed by atoms with Gasteiger partial charge in [0.05, 0.1) is 29.3 Å². The van der Waals surface area contributed by atoms with Crippen molar-refractivity contribution in [1.29, 1.82) is 0 Å². The van der Waals surface area contributed by atoms with E-state index in [1.807, 2.05) is 27.7 Å². The molecule has 1 aromatic carbocycles. The molecule has 10 rings (SSSR count). The Hall–Kier alpha value is -3.20. The second kappa shape index (κ2) is 20.6. The molecular formula is C64H91NaO12S. The predicted octanol–water partition coefficient (Wildman–Crippen LogP) is 10.3. The number of phenols is 2. The topological polar surface area (TPSA) is 208 Å². The molecule has 1 aromatic rings. The first-order chi connectivity index (χ1) is 35.5. The molecule has 0 aromatic heterocycles. The maximum Gasteiger partial charge on any atom is 1.00 e. The Bertz CT molecular complexity index is 2930. The summed E-state index contributed by atoms with van der Waals surface area (Å²) in [5.74, 6) is -0.623. The van der Waals surface area contributed by atoms with Crippen molar-refractivity contribution in [1.82, 2.24) is 0 Å². The molecule has 0 bridgehead atoms. The number of hydrogen-bond acceptors (Lipinski definition) is 12. The van der Waals surface area contributed by atoms with Crippen molar-refractivity contribution in [2.45, 2.75) is 204 Å². The fourth-order valence-corrected chi connectivity index (χ4v) is 19.3. The van der Waals surface area contributed by atoms with Crippen molar-refractivity contribution in [3.63, 3.8) is 0 Å². The zero-order valence-electron chi connectivity index (χ0n) is 50.1. The van der Waals surface area contributed by atoms with Gasteiger partial charge in [0.2, 0.25) is 5.78 Å². The maximum absolute atomic E-state index is 13.1. The molecule has 78 heavy (non-hydrogen) atoms. The number of aliphatic hydroxyl groups excluding tert-OH is 2. The van der Waals surface area contributed by atoms with Gasteiger partial charge in [-0.2, -0.15) is 0 Å². The van der Waals surface area contributed by atoms with Gasteiger partial charge in [-0.3, -0.25) is 14.4 Å². The number of ether oxygens (including phenoxy) is 2. The Kier molecular flexibility index (Phi) is 16.5. The number of aromatic hydroxyl groups is 2. The van der Waals surface area contributed by atoms with Crippen LogP contribution >= 0.6 is 0 Å². The van der Waals surface area contributed by atoms with Crippen LogP contribution in [0.3, 0.4) is 0 Å². The zero-order valence-corrected chi connectivity index (χ0v) is 52.9. The molecule has 6 fully saturated rings. The maximum atomic E-state index is 13.1. The van der Waals surface area contributed by atoms with Gasteiger partial charge in [-0.05, 0) is 223 Å². The predicted molar refractivity (Wildman–Crippen MR) is 298 cm³/mol. The molecule has 0 radical (unpaired) electrons. The van der Waals surface area contributed by atoms with E-state index in [-0.39, 0.29) is 115 Å². The van der Waals surface area contributed by atoms with Crippen LogP contribution in [0.1, 0.15) is 209 Å². The minimum Gasteiger partial charge on any atom is -0.747 e. The Morgan fingerprint density at radius 3 is 1.58 bits per heavy atom. The molecule has 0 spiro atoms. The fraction of sp³-hybridized carbons (Fsp3) is 0.703. The SMILES string of the molecule is CCO.CCOC(=O)[C@]1(C)CC[C@]2(C)CC[C@]3(C)C4=CC(S(=O)(=O)[O-])c5c(cc(O)c(O)c5C)[C@]4(C)CC[C@@]3(C)[C@@H]2C1.CCOC(=O)[C@]1(C)CC[C@]2(C)CC[C@]3(C)C4=CC=C5C(=CC(=O)C(O)=C5C)[C@]4(C)CC[C@@]3(C)[C@@H]2C1.[Na+]. The van der Waals surface area contributed by atoms with E-state index in [1.54, 1.807) is 26.0 Å². The molecule has 14 heteroatoms. The molecule has 6 saturated carbocycles. The van der Waals surface area contributed by atoms with Crippen LogP contribution in [-0.4, -0.2) is 70.9 Å². The van der Waals surface area contributed by atoms with Gasteiger partial charge in [-0.25, -0.2) is 8.42 Å². The van der Waals surface area contributed by atoms with Gasteiger partial charge in [-0.15, -0.1) is 0 Å². The van der Waals surface area contributed by atoms with Gasteiger partial charge in [0.1, 0.15) is 10.1 Å². The molecular weight excluding hydrogens is 1020 g/mol. The van der Waals surface area contributed by atoms with Crippen LogP contribution in [0.5, 0.6) is 11.5 Å². The fourth-order valence-electron chi connectivity index (χ4n) is 18.4. The largest absolute Gasteiger partial charge is 1.00 e. The Labute approximate surface area is 488 Å². The van der Waals surface area contributed by atoms with E-state index in [2.05, 4.69) is 74.5 Å². The van der Waals surface area contributed by atoms with E-state index in [0.29, 0.717) is 48.7 Å². The van der Waals surface area contributed by atoms with E-state index < -0.39 is 37.0 Å². The van der Waals surface area contributed by atoms with Crippen molar-refractivity contribution >= 4 is 27.8 Å². The minimum atomic E-state index is -4.80. The summed E-state index contributed by atoms with van der Waals surface area (Å²) in [6.45, 7) is 32.7. The molecule has 4 N–H and O–H groups in total. The summed E-state index contributed by atoms with van der Waals surface area (Å²) in [5, 5.41) is 37.5. The Morgan fingerprint density at radius 1 is 0.667 bits per heavy atom. The molecule has 0 aliphatic heterocycles. The van der Waals surface area contributed by atoms with Crippen LogP contribution < -0.4 is 29.6 Å². The van der Waals surface area contributed by atoms with Gasteiger partial charge in [0.25, 0.3) is 0 Å².